The van der Waals surface area contributed by atoms with E-state index < -0.39 is 0 Å². The molecule has 1 aromatic heterocycles. The van der Waals surface area contributed by atoms with Crippen molar-refractivity contribution in [2.24, 2.45) is 5.92 Å². The van der Waals surface area contributed by atoms with Crippen molar-refractivity contribution in [3.05, 3.63) is 17.5 Å². The Balaban J connectivity index is 1.66. The van der Waals surface area contributed by atoms with Gasteiger partial charge in [0.25, 0.3) is 5.91 Å². The number of aliphatic hydroxyl groups is 1. The Morgan fingerprint density at radius 3 is 2.67 bits per heavy atom. The lowest BCUT2D eigenvalue weighted by Gasteiger charge is -2.46. The molecule has 3 rings (SSSR count). The number of aliphatic hydroxyl groups excluding tert-OH is 1. The standard InChI is InChI=1S/C20H35N5O2/c1-15(2)17-13-18(22-21-17)20(27)25-7-6-19(16(14-25)5-4-12-26)24-10-8-23(3)9-11-24/h13,15-16,19,26H,4-12,14H2,1-3H3,(H,21,22). The van der Waals surface area contributed by atoms with E-state index in [9.17, 15) is 9.90 Å². The number of likely N-dealkylation sites (tertiary alicyclic amines) is 1. The third-order valence-corrected chi connectivity index (χ3v) is 6.16. The molecule has 2 atom stereocenters. The minimum Gasteiger partial charge on any atom is -0.396 e. The Labute approximate surface area is 162 Å². The first-order valence-corrected chi connectivity index (χ1v) is 10.4. The molecular weight excluding hydrogens is 342 g/mol. The molecule has 2 fully saturated rings. The molecule has 0 radical (unpaired) electrons. The summed E-state index contributed by atoms with van der Waals surface area (Å²) < 4.78 is 0. The zero-order valence-corrected chi connectivity index (χ0v) is 17.0. The van der Waals surface area contributed by atoms with Crippen LogP contribution in [0.3, 0.4) is 0 Å². The molecule has 0 aliphatic carbocycles. The number of likely N-dealkylation sites (N-methyl/N-ethyl adjacent to an activating group) is 1. The van der Waals surface area contributed by atoms with Crippen LogP contribution in [0.25, 0.3) is 0 Å². The molecule has 1 amide bonds. The first-order valence-electron chi connectivity index (χ1n) is 10.4. The summed E-state index contributed by atoms with van der Waals surface area (Å²) in [7, 11) is 2.18. The Bertz CT molecular complexity index is 609. The predicted octanol–water partition coefficient (Wildman–Crippen LogP) is 1.38. The number of carbonyl (C=O) groups is 1. The number of carbonyl (C=O) groups excluding carboxylic acids is 1. The minimum atomic E-state index is 0.0315. The van der Waals surface area contributed by atoms with Crippen molar-refractivity contribution in [1.29, 1.82) is 0 Å². The number of piperidine rings is 1. The summed E-state index contributed by atoms with van der Waals surface area (Å²) >= 11 is 0. The van der Waals surface area contributed by atoms with Crippen LogP contribution in [-0.2, 0) is 0 Å². The molecule has 3 heterocycles. The average molecular weight is 378 g/mol. The number of nitrogens with zero attached hydrogens (tertiary/aromatic N) is 4. The van der Waals surface area contributed by atoms with Crippen molar-refractivity contribution < 1.29 is 9.90 Å². The van der Waals surface area contributed by atoms with E-state index in [-0.39, 0.29) is 12.5 Å². The van der Waals surface area contributed by atoms with Crippen molar-refractivity contribution in [3.63, 3.8) is 0 Å². The lowest BCUT2D eigenvalue weighted by Crippen LogP contribution is -2.57. The minimum absolute atomic E-state index is 0.0315. The van der Waals surface area contributed by atoms with Crippen LogP contribution in [0.2, 0.25) is 0 Å². The second-order valence-electron chi connectivity index (χ2n) is 8.44. The molecule has 0 bridgehead atoms. The van der Waals surface area contributed by atoms with Crippen molar-refractivity contribution in [2.75, 3.05) is 52.9 Å². The Morgan fingerprint density at radius 2 is 2.04 bits per heavy atom. The van der Waals surface area contributed by atoms with Gasteiger partial charge in [0.15, 0.2) is 0 Å². The Hall–Kier alpha value is -1.44. The molecule has 2 N–H and O–H groups in total. The predicted molar refractivity (Wildman–Crippen MR) is 106 cm³/mol. The highest BCUT2D eigenvalue weighted by Crippen LogP contribution is 2.28. The number of H-pyrrole nitrogens is 1. The van der Waals surface area contributed by atoms with Gasteiger partial charge in [0.2, 0.25) is 0 Å². The van der Waals surface area contributed by atoms with Gasteiger partial charge in [-0.2, -0.15) is 5.10 Å². The average Bonchev–Trinajstić information content (AvgIpc) is 3.17. The number of amides is 1. The second kappa shape index (κ2) is 9.17. The van der Waals surface area contributed by atoms with Gasteiger partial charge in [-0.1, -0.05) is 13.8 Å². The molecule has 2 aliphatic heterocycles. The van der Waals surface area contributed by atoms with Gasteiger partial charge >= 0.3 is 0 Å². The van der Waals surface area contributed by atoms with E-state index in [1.54, 1.807) is 0 Å². The van der Waals surface area contributed by atoms with Crippen LogP contribution in [-0.4, -0.2) is 94.9 Å². The summed E-state index contributed by atoms with van der Waals surface area (Å²) in [5, 5.41) is 16.6. The maximum Gasteiger partial charge on any atom is 0.274 e. The number of hydrogen-bond donors (Lipinski definition) is 2. The molecular formula is C20H35N5O2. The van der Waals surface area contributed by atoms with E-state index in [1.807, 2.05) is 11.0 Å². The van der Waals surface area contributed by atoms with Gasteiger partial charge in [0, 0.05) is 57.6 Å². The van der Waals surface area contributed by atoms with Gasteiger partial charge < -0.3 is 14.9 Å². The van der Waals surface area contributed by atoms with E-state index in [0.29, 0.717) is 23.6 Å². The summed E-state index contributed by atoms with van der Waals surface area (Å²) in [5.74, 6) is 0.782. The highest BCUT2D eigenvalue weighted by Gasteiger charge is 2.36. The summed E-state index contributed by atoms with van der Waals surface area (Å²) in [4.78, 5) is 19.9. The normalized spacial score (nSPS) is 25.3. The van der Waals surface area contributed by atoms with Crippen LogP contribution in [0.1, 0.15) is 55.2 Å². The van der Waals surface area contributed by atoms with Crippen molar-refractivity contribution in [3.8, 4) is 0 Å². The molecule has 0 spiro atoms. The summed E-state index contributed by atoms with van der Waals surface area (Å²) in [5.41, 5.74) is 1.53. The zero-order valence-electron chi connectivity index (χ0n) is 17.0. The van der Waals surface area contributed by atoms with Crippen molar-refractivity contribution >= 4 is 5.91 Å². The van der Waals surface area contributed by atoms with Gasteiger partial charge in [0.1, 0.15) is 5.69 Å². The number of hydrogen-bond acceptors (Lipinski definition) is 5. The fraction of sp³-hybridized carbons (Fsp3) is 0.800. The first kappa shape index (κ1) is 20.3. The fourth-order valence-electron chi connectivity index (χ4n) is 4.38. The lowest BCUT2D eigenvalue weighted by atomic mass is 9.86. The molecule has 7 nitrogen and oxygen atoms in total. The van der Waals surface area contributed by atoms with E-state index in [0.717, 1.165) is 64.2 Å². The van der Waals surface area contributed by atoms with Crippen molar-refractivity contribution in [2.45, 2.75) is 45.1 Å². The summed E-state index contributed by atoms with van der Waals surface area (Å²) in [6.07, 6.45) is 2.78. The molecule has 0 aromatic carbocycles. The van der Waals surface area contributed by atoms with E-state index >= 15 is 0 Å². The van der Waals surface area contributed by atoms with Crippen LogP contribution in [0.15, 0.2) is 6.07 Å². The highest BCUT2D eigenvalue weighted by molar-refractivity contribution is 5.92. The maximum absolute atomic E-state index is 13.0. The summed E-state index contributed by atoms with van der Waals surface area (Å²) in [6, 6.07) is 2.40. The molecule has 0 saturated carbocycles. The van der Waals surface area contributed by atoms with Gasteiger partial charge in [-0.3, -0.25) is 14.8 Å². The third kappa shape index (κ3) is 4.89. The van der Waals surface area contributed by atoms with Crippen LogP contribution >= 0.6 is 0 Å². The molecule has 7 heteroatoms. The summed E-state index contributed by atoms with van der Waals surface area (Å²) in [6.45, 7) is 10.4. The Kier molecular flexibility index (Phi) is 6.89. The van der Waals surface area contributed by atoms with E-state index in [4.69, 9.17) is 0 Å². The van der Waals surface area contributed by atoms with Crippen LogP contribution < -0.4 is 0 Å². The topological polar surface area (TPSA) is 75.7 Å². The Morgan fingerprint density at radius 1 is 1.30 bits per heavy atom. The third-order valence-electron chi connectivity index (χ3n) is 6.16. The number of nitrogens with one attached hydrogen (secondary N) is 1. The highest BCUT2D eigenvalue weighted by atomic mass is 16.3. The fourth-order valence-corrected chi connectivity index (χ4v) is 4.38. The number of aromatic nitrogens is 2. The van der Waals surface area contributed by atoms with Gasteiger partial charge in [-0.05, 0) is 44.2 Å². The van der Waals surface area contributed by atoms with Crippen LogP contribution in [0, 0.1) is 5.92 Å². The number of rotatable bonds is 6. The number of piperazine rings is 1. The van der Waals surface area contributed by atoms with Crippen LogP contribution in [0.5, 0.6) is 0 Å². The smallest absolute Gasteiger partial charge is 0.274 e. The molecule has 2 unspecified atom stereocenters. The van der Waals surface area contributed by atoms with Gasteiger partial charge in [0.05, 0.1) is 0 Å². The lowest BCUT2D eigenvalue weighted by molar-refractivity contribution is 0.0215. The first-order chi connectivity index (χ1) is 13.0. The molecule has 2 saturated heterocycles. The molecule has 152 valence electrons. The van der Waals surface area contributed by atoms with E-state index in [2.05, 4.69) is 40.9 Å². The number of aromatic amines is 1. The largest absolute Gasteiger partial charge is 0.396 e. The monoisotopic (exact) mass is 377 g/mol. The maximum atomic E-state index is 13.0. The molecule has 2 aliphatic rings. The SMILES string of the molecule is CC(C)c1cc(C(=O)N2CCC(N3CCN(C)CC3)C(CCCO)C2)n[nH]1. The van der Waals surface area contributed by atoms with Crippen molar-refractivity contribution in [1.82, 2.24) is 24.9 Å². The van der Waals surface area contributed by atoms with Crippen LogP contribution in [0.4, 0.5) is 0 Å². The van der Waals surface area contributed by atoms with E-state index in [1.165, 1.54) is 0 Å². The van der Waals surface area contributed by atoms with Gasteiger partial charge in [-0.25, -0.2) is 0 Å². The molecule has 27 heavy (non-hydrogen) atoms. The zero-order chi connectivity index (χ0) is 19.4. The van der Waals surface area contributed by atoms with Gasteiger partial charge in [-0.15, -0.1) is 0 Å². The quantitative estimate of drug-likeness (QED) is 0.783. The molecule has 1 aromatic rings. The second-order valence-corrected chi connectivity index (χ2v) is 8.44.